The second-order valence-electron chi connectivity index (χ2n) is 10.7. The van der Waals surface area contributed by atoms with Crippen molar-refractivity contribution in [3.8, 4) is 0 Å². The molecular weight excluding hydrogens is 652 g/mol. The summed E-state index contributed by atoms with van der Waals surface area (Å²) in [5.74, 6) is -1.76. The molecule has 0 atom stereocenters. The van der Waals surface area contributed by atoms with Crippen molar-refractivity contribution < 1.29 is 38.4 Å². The van der Waals surface area contributed by atoms with Gasteiger partial charge in [-0.3, -0.25) is 0 Å². The minimum absolute atomic E-state index is 0.0573. The zero-order valence-corrected chi connectivity index (χ0v) is 27.0. The maximum atomic E-state index is 13.5. The molecule has 15 heteroatoms. The van der Waals surface area contributed by atoms with Crippen LogP contribution in [0.4, 0.5) is 13.2 Å². The molecule has 1 fully saturated rings. The Labute approximate surface area is 263 Å². The van der Waals surface area contributed by atoms with E-state index in [0.717, 1.165) is 36.4 Å². The van der Waals surface area contributed by atoms with Crippen LogP contribution in [0.3, 0.4) is 0 Å². The molecule has 9 nitrogen and oxygen atoms in total. The fraction of sp³-hybridized carbons (Fsp3) is 0.400. The molecule has 0 aliphatic carbocycles. The number of benzene rings is 3. The van der Waals surface area contributed by atoms with Crippen LogP contribution in [0.5, 0.6) is 0 Å². The van der Waals surface area contributed by atoms with Gasteiger partial charge in [-0.15, -0.1) is 0 Å². The first-order chi connectivity index (χ1) is 21.3. The standard InChI is InChI=1S/C30H36F3N3O6S3/c31-25-7-13-28(14-8-25)43(37,38)34-19-1-2-20-35(44(39,40)29-15-9-26(32)10-16-29)22-5-6-24-36(23-4-3-21-34)45(41,42)30-17-11-27(33)12-18-30/h7-18H,1-6,19-24H2. The van der Waals surface area contributed by atoms with Crippen LogP contribution < -0.4 is 0 Å². The van der Waals surface area contributed by atoms with E-state index in [-0.39, 0.29) is 54.0 Å². The zero-order chi connectivity index (χ0) is 32.7. The van der Waals surface area contributed by atoms with E-state index in [2.05, 4.69) is 0 Å². The Hall–Kier alpha value is -2.82. The van der Waals surface area contributed by atoms with E-state index in [1.165, 1.54) is 49.3 Å². The highest BCUT2D eigenvalue weighted by atomic mass is 32.2. The van der Waals surface area contributed by atoms with Gasteiger partial charge in [-0.1, -0.05) is 0 Å². The summed E-state index contributed by atoms with van der Waals surface area (Å²) >= 11 is 0. The summed E-state index contributed by atoms with van der Waals surface area (Å²) in [6.45, 7) is 0.344. The van der Waals surface area contributed by atoms with Crippen molar-refractivity contribution in [1.29, 1.82) is 0 Å². The van der Waals surface area contributed by atoms with Crippen LogP contribution >= 0.6 is 0 Å². The predicted octanol–water partition coefficient (Wildman–Crippen LogP) is 4.83. The number of halogens is 3. The molecule has 0 amide bonds. The topological polar surface area (TPSA) is 112 Å². The highest BCUT2D eigenvalue weighted by Crippen LogP contribution is 2.23. The minimum Gasteiger partial charge on any atom is -0.207 e. The molecule has 0 saturated carbocycles. The van der Waals surface area contributed by atoms with Crippen LogP contribution in [-0.4, -0.2) is 77.4 Å². The first-order valence-corrected chi connectivity index (χ1v) is 18.9. The lowest BCUT2D eigenvalue weighted by Crippen LogP contribution is -2.35. The van der Waals surface area contributed by atoms with Gasteiger partial charge in [-0.25, -0.2) is 38.4 Å². The fourth-order valence-corrected chi connectivity index (χ4v) is 9.60. The van der Waals surface area contributed by atoms with Gasteiger partial charge in [0.05, 0.1) is 14.7 Å². The van der Waals surface area contributed by atoms with Crippen LogP contribution in [0.15, 0.2) is 87.5 Å². The molecule has 246 valence electrons. The SMILES string of the molecule is O=S(=O)(c1ccc(F)cc1)N1CCCCN(S(=O)(=O)c2ccc(F)cc2)CCCCN(S(=O)(=O)c2ccc(F)cc2)CCCC1. The normalized spacial score (nSPS) is 18.2. The second kappa shape index (κ2) is 15.2. The molecule has 3 aromatic carbocycles. The largest absolute Gasteiger partial charge is 0.243 e. The molecule has 4 rings (SSSR count). The van der Waals surface area contributed by atoms with Gasteiger partial charge < -0.3 is 0 Å². The molecule has 1 heterocycles. The summed E-state index contributed by atoms with van der Waals surface area (Å²) in [5, 5.41) is 0. The Balaban J connectivity index is 1.61. The molecule has 0 N–H and O–H groups in total. The maximum absolute atomic E-state index is 13.5. The van der Waals surface area contributed by atoms with Gasteiger partial charge in [-0.2, -0.15) is 12.9 Å². The van der Waals surface area contributed by atoms with Crippen molar-refractivity contribution in [2.45, 2.75) is 53.2 Å². The molecule has 3 aromatic rings. The Morgan fingerprint density at radius 2 is 0.533 bits per heavy atom. The molecule has 1 aliphatic heterocycles. The average Bonchev–Trinajstić information content (AvgIpc) is 3.01. The highest BCUT2D eigenvalue weighted by Gasteiger charge is 2.28. The molecule has 0 unspecified atom stereocenters. The number of sulfonamides is 3. The van der Waals surface area contributed by atoms with Crippen molar-refractivity contribution in [2.24, 2.45) is 0 Å². The predicted molar refractivity (Wildman–Crippen MR) is 163 cm³/mol. The van der Waals surface area contributed by atoms with Crippen LogP contribution in [0.25, 0.3) is 0 Å². The lowest BCUT2D eigenvalue weighted by Gasteiger charge is -2.24. The number of hydrogen-bond acceptors (Lipinski definition) is 6. The van der Waals surface area contributed by atoms with Gasteiger partial charge in [0.15, 0.2) is 0 Å². The smallest absolute Gasteiger partial charge is 0.207 e. The summed E-state index contributed by atoms with van der Waals surface area (Å²) < 4.78 is 125. The molecule has 45 heavy (non-hydrogen) atoms. The van der Waals surface area contributed by atoms with E-state index >= 15 is 0 Å². The third kappa shape index (κ3) is 8.92. The van der Waals surface area contributed by atoms with Gasteiger partial charge in [0, 0.05) is 39.3 Å². The molecule has 0 radical (unpaired) electrons. The number of nitrogens with zero attached hydrogens (tertiary/aromatic N) is 3. The van der Waals surface area contributed by atoms with Gasteiger partial charge in [0.1, 0.15) is 17.5 Å². The molecule has 1 saturated heterocycles. The van der Waals surface area contributed by atoms with Crippen molar-refractivity contribution in [1.82, 2.24) is 12.9 Å². The molecule has 0 aromatic heterocycles. The van der Waals surface area contributed by atoms with Crippen molar-refractivity contribution >= 4 is 30.1 Å². The Morgan fingerprint density at radius 3 is 0.711 bits per heavy atom. The van der Waals surface area contributed by atoms with Crippen LogP contribution in [-0.2, 0) is 30.1 Å². The summed E-state index contributed by atoms with van der Waals surface area (Å²) in [6, 6.07) is 13.4. The van der Waals surface area contributed by atoms with E-state index in [0.29, 0.717) is 38.5 Å². The number of hydrogen-bond donors (Lipinski definition) is 0. The van der Waals surface area contributed by atoms with Gasteiger partial charge >= 0.3 is 0 Å². The second-order valence-corrected chi connectivity index (χ2v) is 16.5. The van der Waals surface area contributed by atoms with Gasteiger partial charge in [0.2, 0.25) is 30.1 Å². The first-order valence-electron chi connectivity index (χ1n) is 14.6. The van der Waals surface area contributed by atoms with Gasteiger partial charge in [-0.05, 0) is 111 Å². The zero-order valence-electron chi connectivity index (χ0n) is 24.6. The minimum atomic E-state index is -4.04. The monoisotopic (exact) mass is 687 g/mol. The highest BCUT2D eigenvalue weighted by molar-refractivity contribution is 7.89. The Bertz CT molecular complexity index is 1510. The summed E-state index contributed by atoms with van der Waals surface area (Å²) in [4.78, 5) is -0.284. The van der Waals surface area contributed by atoms with E-state index in [4.69, 9.17) is 0 Å². The van der Waals surface area contributed by atoms with Crippen molar-refractivity contribution in [3.05, 3.63) is 90.2 Å². The van der Waals surface area contributed by atoms with E-state index in [1.54, 1.807) is 0 Å². The van der Waals surface area contributed by atoms with Crippen LogP contribution in [0.1, 0.15) is 38.5 Å². The van der Waals surface area contributed by atoms with Crippen molar-refractivity contribution in [2.75, 3.05) is 39.3 Å². The lowest BCUT2D eigenvalue weighted by atomic mass is 10.3. The molecule has 1 aliphatic rings. The molecule has 0 spiro atoms. The van der Waals surface area contributed by atoms with Crippen molar-refractivity contribution in [3.63, 3.8) is 0 Å². The summed E-state index contributed by atoms with van der Waals surface area (Å²) in [5.41, 5.74) is 0. The maximum Gasteiger partial charge on any atom is 0.243 e. The van der Waals surface area contributed by atoms with Crippen LogP contribution in [0, 0.1) is 17.5 Å². The third-order valence-corrected chi connectivity index (χ3v) is 13.3. The molecule has 0 bridgehead atoms. The van der Waals surface area contributed by atoms with Crippen LogP contribution in [0.2, 0.25) is 0 Å². The summed E-state index contributed by atoms with van der Waals surface area (Å²) in [7, 11) is -12.1. The van der Waals surface area contributed by atoms with E-state index in [1.807, 2.05) is 0 Å². The van der Waals surface area contributed by atoms with E-state index in [9.17, 15) is 38.4 Å². The quantitative estimate of drug-likeness (QED) is 0.367. The fourth-order valence-electron chi connectivity index (χ4n) is 5.05. The Kier molecular flexibility index (Phi) is 11.8. The van der Waals surface area contributed by atoms with Gasteiger partial charge in [0.25, 0.3) is 0 Å². The summed E-state index contributed by atoms with van der Waals surface area (Å²) in [6.07, 6.45) is 1.92. The number of rotatable bonds is 6. The van der Waals surface area contributed by atoms with E-state index < -0.39 is 47.5 Å². The first kappa shape index (κ1) is 35.0. The Morgan fingerprint density at radius 1 is 0.356 bits per heavy atom. The average molecular weight is 688 g/mol. The lowest BCUT2D eigenvalue weighted by molar-refractivity contribution is 0.362. The third-order valence-electron chi connectivity index (χ3n) is 7.55. The molecular formula is C30H36F3N3O6S3.